The minimum atomic E-state index is 0.391. The van der Waals surface area contributed by atoms with Crippen LogP contribution in [0.2, 0.25) is 0 Å². The van der Waals surface area contributed by atoms with E-state index in [0.717, 1.165) is 11.8 Å². The van der Waals surface area contributed by atoms with Crippen LogP contribution >= 0.6 is 0 Å². The van der Waals surface area contributed by atoms with E-state index in [-0.39, 0.29) is 0 Å². The van der Waals surface area contributed by atoms with Gasteiger partial charge in [0.1, 0.15) is 0 Å². The van der Waals surface area contributed by atoms with Crippen molar-refractivity contribution >= 4 is 0 Å². The van der Waals surface area contributed by atoms with Crippen molar-refractivity contribution in [3.63, 3.8) is 0 Å². The third-order valence-corrected chi connectivity index (χ3v) is 5.64. The summed E-state index contributed by atoms with van der Waals surface area (Å²) in [6, 6.07) is 22.4. The van der Waals surface area contributed by atoms with Crippen molar-refractivity contribution in [2.45, 2.75) is 45.6 Å². The van der Waals surface area contributed by atoms with Crippen molar-refractivity contribution in [2.24, 2.45) is 11.8 Å². The monoisotopic (exact) mass is 321 g/mol. The highest BCUT2D eigenvalue weighted by Gasteiger charge is 2.31. The number of hydrogen-bond donors (Lipinski definition) is 0. The Morgan fingerprint density at radius 1 is 0.958 bits per heavy atom. The first-order valence-electron chi connectivity index (χ1n) is 9.63. The Labute approximate surface area is 147 Å². The molecule has 2 unspecified atom stereocenters. The predicted octanol–water partition coefficient (Wildman–Crippen LogP) is 5.92. The molecule has 1 saturated heterocycles. The fourth-order valence-corrected chi connectivity index (χ4v) is 4.24. The summed E-state index contributed by atoms with van der Waals surface area (Å²) in [5.74, 6) is 1.70. The quantitative estimate of drug-likeness (QED) is 0.638. The summed E-state index contributed by atoms with van der Waals surface area (Å²) in [6.07, 6.45) is 5.46. The lowest BCUT2D eigenvalue weighted by Gasteiger charge is -2.41. The molecule has 1 aliphatic rings. The van der Waals surface area contributed by atoms with Crippen LogP contribution in [0.4, 0.5) is 0 Å². The normalized spacial score (nSPS) is 22.0. The van der Waals surface area contributed by atoms with E-state index < -0.39 is 0 Å². The van der Waals surface area contributed by atoms with E-state index in [0.29, 0.717) is 6.04 Å². The zero-order chi connectivity index (χ0) is 16.8. The Kier molecular flexibility index (Phi) is 6.09. The van der Waals surface area contributed by atoms with E-state index >= 15 is 0 Å². The molecule has 1 heterocycles. The Hall–Kier alpha value is -1.60. The number of rotatable bonds is 6. The van der Waals surface area contributed by atoms with Gasteiger partial charge in [-0.15, -0.1) is 0 Å². The van der Waals surface area contributed by atoms with E-state index in [1.807, 2.05) is 0 Å². The van der Waals surface area contributed by atoms with Crippen LogP contribution in [0.3, 0.4) is 0 Å². The standard InChI is InChI=1S/C23H31N/c1-3-4-11-20-16-17-24(18-19(20)2)23(21-12-7-5-8-13-21)22-14-9-6-10-15-22/h5-10,12-15,19-20,23H,3-4,11,16-18H2,1-2H3. The Balaban J connectivity index is 1.80. The van der Waals surface area contributed by atoms with Gasteiger partial charge >= 0.3 is 0 Å². The van der Waals surface area contributed by atoms with Crippen LogP contribution in [0.1, 0.15) is 56.7 Å². The number of unbranched alkanes of at least 4 members (excludes halogenated alkanes) is 1. The topological polar surface area (TPSA) is 3.24 Å². The summed E-state index contributed by atoms with van der Waals surface area (Å²) >= 11 is 0. The Morgan fingerprint density at radius 3 is 2.04 bits per heavy atom. The van der Waals surface area contributed by atoms with Gasteiger partial charge in [0.15, 0.2) is 0 Å². The van der Waals surface area contributed by atoms with Crippen molar-refractivity contribution in [3.05, 3.63) is 71.8 Å². The first-order chi connectivity index (χ1) is 11.8. The molecule has 1 heteroatoms. The van der Waals surface area contributed by atoms with Crippen molar-refractivity contribution in [1.82, 2.24) is 4.90 Å². The van der Waals surface area contributed by atoms with E-state index in [2.05, 4.69) is 79.4 Å². The number of likely N-dealkylation sites (tertiary alicyclic amines) is 1. The molecule has 0 aliphatic carbocycles. The van der Waals surface area contributed by atoms with Gasteiger partial charge in [0, 0.05) is 6.54 Å². The van der Waals surface area contributed by atoms with Gasteiger partial charge in [-0.25, -0.2) is 0 Å². The van der Waals surface area contributed by atoms with Gasteiger partial charge < -0.3 is 0 Å². The van der Waals surface area contributed by atoms with Gasteiger partial charge in [-0.2, -0.15) is 0 Å². The second-order valence-corrected chi connectivity index (χ2v) is 7.39. The average Bonchev–Trinajstić information content (AvgIpc) is 2.63. The molecule has 2 atom stereocenters. The summed E-state index contributed by atoms with van der Waals surface area (Å²) in [4.78, 5) is 2.71. The van der Waals surface area contributed by atoms with Crippen molar-refractivity contribution in [3.8, 4) is 0 Å². The molecule has 2 aromatic carbocycles. The van der Waals surface area contributed by atoms with Crippen LogP contribution in [-0.2, 0) is 0 Å². The molecule has 0 bridgehead atoms. The van der Waals surface area contributed by atoms with Crippen molar-refractivity contribution in [2.75, 3.05) is 13.1 Å². The van der Waals surface area contributed by atoms with E-state index in [9.17, 15) is 0 Å². The van der Waals surface area contributed by atoms with Crippen LogP contribution in [0.15, 0.2) is 60.7 Å². The van der Waals surface area contributed by atoms with E-state index in [1.54, 1.807) is 0 Å². The highest BCUT2D eigenvalue weighted by molar-refractivity contribution is 5.31. The smallest absolute Gasteiger partial charge is 0.0601 e. The van der Waals surface area contributed by atoms with Crippen molar-refractivity contribution in [1.29, 1.82) is 0 Å². The third kappa shape index (κ3) is 4.08. The Morgan fingerprint density at radius 2 is 1.54 bits per heavy atom. The second-order valence-electron chi connectivity index (χ2n) is 7.39. The molecular weight excluding hydrogens is 290 g/mol. The summed E-state index contributed by atoms with van der Waals surface area (Å²) < 4.78 is 0. The lowest BCUT2D eigenvalue weighted by atomic mass is 9.82. The van der Waals surface area contributed by atoms with Gasteiger partial charge in [0.25, 0.3) is 0 Å². The van der Waals surface area contributed by atoms with Gasteiger partial charge in [-0.05, 0) is 35.9 Å². The van der Waals surface area contributed by atoms with Crippen LogP contribution in [-0.4, -0.2) is 18.0 Å². The van der Waals surface area contributed by atoms with Gasteiger partial charge in [-0.1, -0.05) is 93.8 Å². The van der Waals surface area contributed by atoms with Gasteiger partial charge in [0.05, 0.1) is 6.04 Å². The molecule has 0 radical (unpaired) electrons. The van der Waals surface area contributed by atoms with Crippen LogP contribution in [0.5, 0.6) is 0 Å². The maximum Gasteiger partial charge on any atom is 0.0601 e. The largest absolute Gasteiger partial charge is 0.292 e. The minimum absolute atomic E-state index is 0.391. The first kappa shape index (κ1) is 17.2. The molecule has 1 fully saturated rings. The fourth-order valence-electron chi connectivity index (χ4n) is 4.24. The molecule has 1 nitrogen and oxygen atoms in total. The molecule has 0 N–H and O–H groups in total. The molecule has 1 aliphatic heterocycles. The maximum absolute atomic E-state index is 2.71. The zero-order valence-electron chi connectivity index (χ0n) is 15.2. The second kappa shape index (κ2) is 8.48. The molecule has 128 valence electrons. The van der Waals surface area contributed by atoms with Gasteiger partial charge in [0.2, 0.25) is 0 Å². The third-order valence-electron chi connectivity index (χ3n) is 5.64. The molecule has 0 spiro atoms. The molecular formula is C23H31N. The SMILES string of the molecule is CCCCC1CCN(C(c2ccccc2)c2ccccc2)CC1C. The Bertz CT molecular complexity index is 552. The predicted molar refractivity (Wildman–Crippen MR) is 103 cm³/mol. The lowest BCUT2D eigenvalue weighted by Crippen LogP contribution is -2.41. The molecule has 24 heavy (non-hydrogen) atoms. The molecule has 2 aromatic rings. The molecule has 0 saturated carbocycles. The first-order valence-corrected chi connectivity index (χ1v) is 9.63. The summed E-state index contributed by atoms with van der Waals surface area (Å²) in [5.41, 5.74) is 2.84. The number of piperidine rings is 1. The molecule has 0 amide bonds. The van der Waals surface area contributed by atoms with E-state index in [1.165, 1.54) is 49.9 Å². The molecule has 3 rings (SSSR count). The summed E-state index contributed by atoms with van der Waals surface area (Å²) in [7, 11) is 0. The maximum atomic E-state index is 2.71. The van der Waals surface area contributed by atoms with Crippen molar-refractivity contribution < 1.29 is 0 Å². The summed E-state index contributed by atoms with van der Waals surface area (Å²) in [6.45, 7) is 7.19. The zero-order valence-corrected chi connectivity index (χ0v) is 15.2. The van der Waals surface area contributed by atoms with Crippen LogP contribution in [0.25, 0.3) is 0 Å². The highest BCUT2D eigenvalue weighted by atomic mass is 15.2. The van der Waals surface area contributed by atoms with Crippen LogP contribution < -0.4 is 0 Å². The molecule has 0 aromatic heterocycles. The summed E-state index contributed by atoms with van der Waals surface area (Å²) in [5, 5.41) is 0. The number of benzene rings is 2. The minimum Gasteiger partial charge on any atom is -0.292 e. The lowest BCUT2D eigenvalue weighted by molar-refractivity contribution is 0.0976. The van der Waals surface area contributed by atoms with Gasteiger partial charge in [-0.3, -0.25) is 4.90 Å². The number of nitrogens with zero attached hydrogens (tertiary/aromatic N) is 1. The van der Waals surface area contributed by atoms with E-state index in [4.69, 9.17) is 0 Å². The average molecular weight is 322 g/mol. The highest BCUT2D eigenvalue weighted by Crippen LogP contribution is 2.35. The fraction of sp³-hybridized carbons (Fsp3) is 0.478. The number of hydrogen-bond acceptors (Lipinski definition) is 1. The van der Waals surface area contributed by atoms with Crippen LogP contribution in [0, 0.1) is 11.8 Å².